The Labute approximate surface area is 230 Å². The first-order valence-corrected chi connectivity index (χ1v) is 14.5. The minimum Gasteiger partial charge on any atom is -0.477 e. The topological polar surface area (TPSA) is 170 Å². The number of fused-ring (bicyclic) bond motifs is 2. The molecule has 1 saturated carbocycles. The van der Waals surface area contributed by atoms with Crippen LogP contribution < -0.4 is 5.32 Å². The van der Waals surface area contributed by atoms with Crippen LogP contribution in [0.5, 0.6) is 0 Å². The molecule has 0 unspecified atom stereocenters. The van der Waals surface area contributed by atoms with Crippen LogP contribution in [0.25, 0.3) is 5.78 Å². The molecule has 5 heterocycles. The predicted molar refractivity (Wildman–Crippen MR) is 139 cm³/mol. The molecule has 2 aromatic heterocycles. The number of aryl methyl sites for hydroxylation is 1. The molecule has 3 N–H and O–H groups in total. The molecular weight excluding hydrogens is 546 g/mol. The number of amides is 3. The molecule has 4 aliphatic rings. The van der Waals surface area contributed by atoms with E-state index in [9.17, 15) is 29.4 Å². The fourth-order valence-electron chi connectivity index (χ4n) is 4.99. The Morgan fingerprint density at radius 3 is 2.79 bits per heavy atom. The van der Waals surface area contributed by atoms with E-state index in [4.69, 9.17) is 0 Å². The van der Waals surface area contributed by atoms with Crippen LogP contribution >= 0.6 is 23.5 Å². The number of carbonyl (C=O) groups excluding carboxylic acids is 3. The summed E-state index contributed by atoms with van der Waals surface area (Å²) in [5.41, 5.74) is 1.55. The molecule has 0 aromatic carbocycles. The summed E-state index contributed by atoms with van der Waals surface area (Å²) >= 11 is 2.54. The largest absolute Gasteiger partial charge is 0.477 e. The molecule has 39 heavy (non-hydrogen) atoms. The second-order valence-corrected chi connectivity index (χ2v) is 11.8. The zero-order chi connectivity index (χ0) is 27.4. The van der Waals surface area contributed by atoms with Gasteiger partial charge in [0.05, 0.1) is 5.75 Å². The summed E-state index contributed by atoms with van der Waals surface area (Å²) in [6, 6.07) is 1.19. The number of nitrogens with one attached hydrogen (secondary N) is 1. The third kappa shape index (κ3) is 4.67. The van der Waals surface area contributed by atoms with E-state index in [1.807, 2.05) is 4.90 Å². The first kappa shape index (κ1) is 25.8. The molecule has 1 aliphatic carbocycles. The first-order chi connectivity index (χ1) is 18.7. The smallest absolute Gasteiger partial charge is 0.352 e. The van der Waals surface area contributed by atoms with E-state index >= 15 is 0 Å². The van der Waals surface area contributed by atoms with Gasteiger partial charge in [-0.05, 0) is 43.9 Å². The Morgan fingerprint density at radius 1 is 1.28 bits per heavy atom. The highest BCUT2D eigenvalue weighted by Gasteiger charge is 2.54. The average molecular weight is 572 g/mol. The summed E-state index contributed by atoms with van der Waals surface area (Å²) in [7, 11) is 0. The maximum Gasteiger partial charge on any atom is 0.352 e. The number of β-lactam (4-membered cyclic amide) rings is 1. The number of hydrogen-bond donors (Lipinski definition) is 3. The van der Waals surface area contributed by atoms with Crippen LogP contribution in [-0.2, 0) is 25.8 Å². The third-order valence-corrected chi connectivity index (χ3v) is 9.25. The summed E-state index contributed by atoms with van der Waals surface area (Å²) in [5, 5.41) is 26.2. The lowest BCUT2D eigenvalue weighted by Gasteiger charge is -2.49. The number of carboxylic acids is 1. The van der Waals surface area contributed by atoms with Crippen molar-refractivity contribution in [2.45, 2.75) is 55.3 Å². The van der Waals surface area contributed by atoms with Crippen molar-refractivity contribution in [2.24, 2.45) is 0 Å². The van der Waals surface area contributed by atoms with Crippen molar-refractivity contribution in [3.8, 4) is 0 Å². The Morgan fingerprint density at radius 2 is 2.08 bits per heavy atom. The van der Waals surface area contributed by atoms with Gasteiger partial charge in [0.25, 0.3) is 11.7 Å². The van der Waals surface area contributed by atoms with E-state index in [0.717, 1.165) is 12.8 Å². The van der Waals surface area contributed by atoms with Crippen molar-refractivity contribution in [3.05, 3.63) is 40.5 Å². The van der Waals surface area contributed by atoms with Crippen LogP contribution in [-0.4, -0.2) is 98.8 Å². The second-order valence-electron chi connectivity index (χ2n) is 9.71. The number of aromatic nitrogens is 4. The van der Waals surface area contributed by atoms with Gasteiger partial charge in [-0.2, -0.15) is 9.50 Å². The molecule has 0 spiro atoms. The Bertz CT molecular complexity index is 1480. The number of hydrogen-bond acceptors (Lipinski definition) is 10. The second kappa shape index (κ2) is 9.95. The van der Waals surface area contributed by atoms with Crippen molar-refractivity contribution in [1.82, 2.24) is 34.7 Å². The molecule has 2 aromatic rings. The van der Waals surface area contributed by atoms with Crippen LogP contribution in [0.1, 0.15) is 30.8 Å². The number of carboxylic acid groups (broad SMARTS) is 1. The number of likely N-dealkylation sites (tertiary alicyclic amines) is 1. The average Bonchev–Trinajstić information content (AvgIpc) is 3.57. The third-order valence-electron chi connectivity index (χ3n) is 6.95. The van der Waals surface area contributed by atoms with Gasteiger partial charge in [-0.15, -0.1) is 16.9 Å². The minimum absolute atomic E-state index is 0.0212. The van der Waals surface area contributed by atoms with Crippen molar-refractivity contribution >= 4 is 53.0 Å². The van der Waals surface area contributed by atoms with Crippen molar-refractivity contribution in [1.29, 1.82) is 0 Å². The quantitative estimate of drug-likeness (QED) is 0.170. The van der Waals surface area contributed by atoms with Gasteiger partial charge in [0.15, 0.2) is 5.82 Å². The highest BCUT2D eigenvalue weighted by molar-refractivity contribution is 8.00. The van der Waals surface area contributed by atoms with E-state index in [2.05, 4.69) is 20.4 Å². The molecule has 0 radical (unpaired) electrons. The summed E-state index contributed by atoms with van der Waals surface area (Å²) in [5.74, 6) is -1.38. The lowest BCUT2D eigenvalue weighted by molar-refractivity contribution is -0.150. The zero-order valence-electron chi connectivity index (χ0n) is 20.9. The lowest BCUT2D eigenvalue weighted by atomic mass is 10.0. The first-order valence-electron chi connectivity index (χ1n) is 12.4. The van der Waals surface area contributed by atoms with Gasteiger partial charge in [0.1, 0.15) is 28.7 Å². The van der Waals surface area contributed by atoms with Crippen LogP contribution in [0.2, 0.25) is 0 Å². The normalized spacial score (nSPS) is 24.0. The predicted octanol–water partition coefficient (Wildman–Crippen LogP) is 0.0768. The van der Waals surface area contributed by atoms with Gasteiger partial charge in [0.2, 0.25) is 11.8 Å². The van der Waals surface area contributed by atoms with Crippen LogP contribution in [0.15, 0.2) is 34.0 Å². The van der Waals surface area contributed by atoms with Gasteiger partial charge in [0, 0.05) is 29.6 Å². The maximum atomic E-state index is 13.0. The minimum atomic E-state index is -1.24. The van der Waals surface area contributed by atoms with Crippen molar-refractivity contribution in [2.75, 3.05) is 18.1 Å². The number of aliphatic hydroxyl groups excluding tert-OH is 1. The molecule has 3 aliphatic heterocycles. The maximum absolute atomic E-state index is 13.0. The fourth-order valence-corrected chi connectivity index (χ4v) is 7.15. The van der Waals surface area contributed by atoms with Gasteiger partial charge in [-0.1, -0.05) is 11.8 Å². The summed E-state index contributed by atoms with van der Waals surface area (Å²) in [6.45, 7) is 2.08. The highest BCUT2D eigenvalue weighted by Crippen LogP contribution is 2.42. The Kier molecular flexibility index (Phi) is 6.59. The number of carbonyl (C=O) groups is 4. The molecule has 0 bridgehead atoms. The number of allylic oxidation sites excluding steroid dienone is 1. The van der Waals surface area contributed by atoms with E-state index in [0.29, 0.717) is 52.4 Å². The molecule has 6 rings (SSSR count). The molecule has 204 valence electrons. The lowest BCUT2D eigenvalue weighted by Crippen LogP contribution is -2.70. The van der Waals surface area contributed by atoms with Crippen LogP contribution in [0.4, 0.5) is 0 Å². The Balaban J connectivity index is 1.13. The van der Waals surface area contributed by atoms with Gasteiger partial charge in [-0.3, -0.25) is 19.3 Å². The highest BCUT2D eigenvalue weighted by atomic mass is 32.2. The van der Waals surface area contributed by atoms with E-state index in [1.165, 1.54) is 32.9 Å². The molecule has 2 saturated heterocycles. The van der Waals surface area contributed by atoms with Crippen molar-refractivity contribution in [3.63, 3.8) is 0 Å². The van der Waals surface area contributed by atoms with Gasteiger partial charge >= 0.3 is 5.97 Å². The van der Waals surface area contributed by atoms with Crippen molar-refractivity contribution < 1.29 is 29.4 Å². The SMILES string of the molecule is Cc1cc(SCC(=O)N[C@@H]2C(=O)N3C(C(=O)O)=C(/C=C4\CCN(C5CC5)C4=O)CS[C@H]23)n2nc(CO)nc2n1. The summed E-state index contributed by atoms with van der Waals surface area (Å²) < 4.78 is 1.45. The molecule has 15 heteroatoms. The molecule has 3 fully saturated rings. The molecule has 3 amide bonds. The number of aliphatic carboxylic acids is 1. The van der Waals surface area contributed by atoms with Crippen LogP contribution in [0, 0.1) is 6.92 Å². The fraction of sp³-hybridized carbons (Fsp3) is 0.458. The molecule has 2 atom stereocenters. The molecular formula is C24H25N7O6S2. The summed E-state index contributed by atoms with van der Waals surface area (Å²) in [4.78, 5) is 62.1. The van der Waals surface area contributed by atoms with E-state index in [1.54, 1.807) is 19.1 Å². The van der Waals surface area contributed by atoms with Crippen LogP contribution in [0.3, 0.4) is 0 Å². The summed E-state index contributed by atoms with van der Waals surface area (Å²) in [6.07, 6.45) is 4.20. The van der Waals surface area contributed by atoms with E-state index < -0.39 is 29.2 Å². The monoisotopic (exact) mass is 571 g/mol. The molecule has 13 nitrogen and oxygen atoms in total. The van der Waals surface area contributed by atoms with E-state index in [-0.39, 0.29) is 29.8 Å². The van der Waals surface area contributed by atoms with Gasteiger partial charge < -0.3 is 20.4 Å². The number of aliphatic hydroxyl groups is 1. The zero-order valence-corrected chi connectivity index (χ0v) is 22.5. The Hall–Kier alpha value is -3.43. The number of thioether (sulfide) groups is 2. The van der Waals surface area contributed by atoms with Gasteiger partial charge in [-0.25, -0.2) is 9.78 Å². The number of rotatable bonds is 8. The number of nitrogens with zero attached hydrogens (tertiary/aromatic N) is 6. The standard InChI is InChI=1S/C24H25N7O6S2/c1-11-6-17(31-24(25-11)26-15(8-32)28-31)38-10-16(33)27-18-21(35)30-19(23(36)37)13(9-39-22(18)30)7-12-4-5-29(20(12)34)14-2-3-14/h6-7,14,18,22,32H,2-5,8-10H2,1H3,(H,27,33)(H,36,37)/b12-7+/t18-,22-/m1/s1.